The van der Waals surface area contributed by atoms with Crippen molar-refractivity contribution in [3.05, 3.63) is 34.1 Å². The SMILES string of the molecule is CCN(CC)c1cc(N)c(O)c2c1CC1CC3[C@H](N(C)C)C(=O)C(C(N)=O)=C(O)[C@@]3(O)C(=O)C1=C2O.Cl. The summed E-state index contributed by atoms with van der Waals surface area (Å²) in [5, 5.41) is 44.6. The van der Waals surface area contributed by atoms with E-state index < -0.39 is 63.8 Å². The number of fused-ring (bicyclic) bond motifs is 3. The first-order chi connectivity index (χ1) is 16.8. The molecule has 1 fully saturated rings. The molecule has 0 heterocycles. The number of hydrogen-bond acceptors (Lipinski definition) is 10. The molecule has 0 bridgehead atoms. The molecular formula is C25H33ClN4O7. The van der Waals surface area contributed by atoms with Gasteiger partial charge in [-0.1, -0.05) is 0 Å². The quantitative estimate of drug-likeness (QED) is 0.178. The number of anilines is 2. The van der Waals surface area contributed by atoms with Gasteiger partial charge in [-0.3, -0.25) is 19.3 Å². The standard InChI is InChI=1S/C25H32N4O7.ClH/c1-5-29(6-2)14-9-13(26)19(30)16-11(14)7-10-8-12-18(28(3)4)21(32)17(24(27)35)23(34)25(12,36)22(33)15(10)20(16)31;/h9-10,12,18,30-31,34,36H,5-8,26H2,1-4H3,(H2,27,35);1H/t10?,12?,18-,25-;/m0./s1. The zero-order valence-corrected chi connectivity index (χ0v) is 21.9. The molecule has 3 aliphatic rings. The molecular weight excluding hydrogens is 504 g/mol. The second-order valence-corrected chi connectivity index (χ2v) is 9.82. The van der Waals surface area contributed by atoms with Gasteiger partial charge < -0.3 is 36.8 Å². The number of benzene rings is 1. The number of carbonyl (C=O) groups excluding carboxylic acids is 3. The highest BCUT2D eigenvalue weighted by atomic mass is 35.5. The predicted molar refractivity (Wildman–Crippen MR) is 139 cm³/mol. The van der Waals surface area contributed by atoms with Gasteiger partial charge in [0, 0.05) is 30.3 Å². The van der Waals surface area contributed by atoms with Crippen molar-refractivity contribution in [3.8, 4) is 5.75 Å². The van der Waals surface area contributed by atoms with Gasteiger partial charge in [0.1, 0.15) is 22.8 Å². The number of phenols is 1. The normalized spacial score (nSPS) is 26.9. The van der Waals surface area contributed by atoms with Crippen molar-refractivity contribution in [1.82, 2.24) is 4.90 Å². The highest BCUT2D eigenvalue weighted by Crippen LogP contribution is 2.54. The molecule has 0 saturated heterocycles. The summed E-state index contributed by atoms with van der Waals surface area (Å²) < 4.78 is 0. The molecule has 2 unspecified atom stereocenters. The van der Waals surface area contributed by atoms with Crippen LogP contribution in [0.25, 0.3) is 5.76 Å². The third-order valence-electron chi connectivity index (χ3n) is 7.83. The number of nitrogens with zero attached hydrogens (tertiary/aromatic N) is 2. The molecule has 1 amide bonds. The summed E-state index contributed by atoms with van der Waals surface area (Å²) in [6.07, 6.45) is 0.253. The number of Topliss-reactive ketones (excluding diaryl/α,β-unsaturated/α-hetero) is 2. The van der Waals surface area contributed by atoms with Crippen LogP contribution in [0.1, 0.15) is 31.4 Å². The minimum atomic E-state index is -2.66. The average Bonchev–Trinajstić information content (AvgIpc) is 2.79. The van der Waals surface area contributed by atoms with Crippen LogP contribution >= 0.6 is 12.4 Å². The molecule has 0 aliphatic heterocycles. The Labute approximate surface area is 220 Å². The fourth-order valence-electron chi connectivity index (χ4n) is 6.16. The summed E-state index contributed by atoms with van der Waals surface area (Å²) in [5.41, 5.74) is 8.97. The number of aromatic hydroxyl groups is 1. The number of amides is 1. The molecule has 12 heteroatoms. The zero-order valence-electron chi connectivity index (χ0n) is 21.1. The number of halogens is 1. The number of aliphatic hydroxyl groups is 3. The van der Waals surface area contributed by atoms with Crippen LogP contribution in [0.3, 0.4) is 0 Å². The first kappa shape index (κ1) is 28.3. The minimum absolute atomic E-state index is 0. The van der Waals surface area contributed by atoms with E-state index >= 15 is 0 Å². The third kappa shape index (κ3) is 3.75. The molecule has 202 valence electrons. The van der Waals surface area contributed by atoms with E-state index in [2.05, 4.69) is 0 Å². The second-order valence-electron chi connectivity index (χ2n) is 9.82. The van der Waals surface area contributed by atoms with E-state index in [1.54, 1.807) is 20.2 Å². The summed E-state index contributed by atoms with van der Waals surface area (Å²) in [6.45, 7) is 5.16. The summed E-state index contributed by atoms with van der Waals surface area (Å²) in [4.78, 5) is 42.5. The molecule has 1 aromatic rings. The van der Waals surface area contributed by atoms with Crippen molar-refractivity contribution in [2.45, 2.75) is 38.3 Å². The number of ketones is 2. The first-order valence-electron chi connectivity index (χ1n) is 11.9. The third-order valence-corrected chi connectivity index (χ3v) is 7.83. The van der Waals surface area contributed by atoms with Gasteiger partial charge in [-0.05, 0) is 58.3 Å². The molecule has 0 spiro atoms. The molecule has 37 heavy (non-hydrogen) atoms. The predicted octanol–water partition coefficient (Wildman–Crippen LogP) is 0.814. The van der Waals surface area contributed by atoms with E-state index in [9.17, 15) is 34.8 Å². The van der Waals surface area contributed by atoms with Crippen LogP contribution in [-0.4, -0.2) is 81.6 Å². The fraction of sp³-hybridized carbons (Fsp3) is 0.480. The van der Waals surface area contributed by atoms with Crippen molar-refractivity contribution in [3.63, 3.8) is 0 Å². The molecule has 0 radical (unpaired) electrons. The molecule has 1 saturated carbocycles. The summed E-state index contributed by atoms with van der Waals surface area (Å²) in [7, 11) is 3.12. The number of carbonyl (C=O) groups is 3. The Balaban J connectivity index is 0.00000380. The molecule has 11 nitrogen and oxygen atoms in total. The van der Waals surface area contributed by atoms with E-state index in [-0.39, 0.29) is 42.1 Å². The van der Waals surface area contributed by atoms with Crippen molar-refractivity contribution >= 4 is 47.0 Å². The van der Waals surface area contributed by atoms with Gasteiger partial charge in [-0.15, -0.1) is 12.4 Å². The Hall–Kier alpha value is -3.28. The Morgan fingerprint density at radius 2 is 1.76 bits per heavy atom. The van der Waals surface area contributed by atoms with Gasteiger partial charge in [0.25, 0.3) is 5.91 Å². The van der Waals surface area contributed by atoms with E-state index in [0.29, 0.717) is 24.3 Å². The lowest BCUT2D eigenvalue weighted by atomic mass is 9.57. The number of nitrogen functional groups attached to an aromatic ring is 1. The molecule has 0 aromatic heterocycles. The fourth-order valence-corrected chi connectivity index (χ4v) is 6.16. The Morgan fingerprint density at radius 1 is 1.16 bits per heavy atom. The number of rotatable bonds is 5. The maximum atomic E-state index is 13.8. The second kappa shape index (κ2) is 9.55. The maximum Gasteiger partial charge on any atom is 0.255 e. The first-order valence-corrected chi connectivity index (χ1v) is 11.9. The molecule has 4 rings (SSSR count). The number of hydrogen-bond donors (Lipinski definition) is 6. The number of aliphatic hydroxyl groups excluding tert-OH is 2. The van der Waals surface area contributed by atoms with Crippen LogP contribution in [0.5, 0.6) is 5.75 Å². The summed E-state index contributed by atoms with van der Waals surface area (Å²) >= 11 is 0. The van der Waals surface area contributed by atoms with E-state index in [1.165, 1.54) is 4.90 Å². The Kier molecular flexibility index (Phi) is 7.30. The van der Waals surface area contributed by atoms with Crippen LogP contribution in [0.15, 0.2) is 23.0 Å². The molecule has 4 atom stereocenters. The van der Waals surface area contributed by atoms with Gasteiger partial charge in [0.05, 0.1) is 17.3 Å². The van der Waals surface area contributed by atoms with E-state index in [1.807, 2.05) is 18.7 Å². The van der Waals surface area contributed by atoms with E-state index in [4.69, 9.17) is 11.5 Å². The number of likely N-dealkylation sites (N-methyl/N-ethyl adjacent to an activating group) is 1. The van der Waals surface area contributed by atoms with Crippen LogP contribution in [0.2, 0.25) is 0 Å². The lowest BCUT2D eigenvalue weighted by Crippen LogP contribution is -2.65. The summed E-state index contributed by atoms with van der Waals surface area (Å²) in [5.74, 6) is -6.91. The summed E-state index contributed by atoms with van der Waals surface area (Å²) in [6, 6.07) is 0.505. The van der Waals surface area contributed by atoms with Crippen molar-refractivity contribution < 1.29 is 34.8 Å². The van der Waals surface area contributed by atoms with Crippen LogP contribution in [0.4, 0.5) is 11.4 Å². The number of primary amides is 1. The van der Waals surface area contributed by atoms with Crippen molar-refractivity contribution in [2.24, 2.45) is 17.6 Å². The van der Waals surface area contributed by atoms with Gasteiger partial charge in [0.15, 0.2) is 11.4 Å². The van der Waals surface area contributed by atoms with Gasteiger partial charge in [-0.2, -0.15) is 0 Å². The zero-order chi connectivity index (χ0) is 26.9. The lowest BCUT2D eigenvalue weighted by molar-refractivity contribution is -0.153. The van der Waals surface area contributed by atoms with Gasteiger partial charge in [0.2, 0.25) is 5.78 Å². The molecule has 3 aliphatic carbocycles. The maximum absolute atomic E-state index is 13.8. The highest BCUT2D eigenvalue weighted by Gasteiger charge is 2.64. The smallest absolute Gasteiger partial charge is 0.255 e. The largest absolute Gasteiger partial charge is 0.508 e. The average molecular weight is 537 g/mol. The van der Waals surface area contributed by atoms with Crippen LogP contribution < -0.4 is 16.4 Å². The van der Waals surface area contributed by atoms with Crippen molar-refractivity contribution in [1.29, 1.82) is 0 Å². The molecule has 8 N–H and O–H groups in total. The van der Waals surface area contributed by atoms with Crippen molar-refractivity contribution in [2.75, 3.05) is 37.8 Å². The number of nitrogens with two attached hydrogens (primary N) is 2. The Bertz CT molecular complexity index is 1250. The monoisotopic (exact) mass is 536 g/mol. The Morgan fingerprint density at radius 3 is 2.27 bits per heavy atom. The van der Waals surface area contributed by atoms with Crippen LogP contribution in [-0.2, 0) is 20.8 Å². The minimum Gasteiger partial charge on any atom is -0.508 e. The van der Waals surface area contributed by atoms with Crippen LogP contribution in [0, 0.1) is 11.8 Å². The topological polar surface area (TPSA) is 191 Å². The highest BCUT2D eigenvalue weighted by molar-refractivity contribution is 6.24. The van der Waals surface area contributed by atoms with Gasteiger partial charge in [-0.25, -0.2) is 0 Å². The lowest BCUT2D eigenvalue weighted by Gasteiger charge is -2.50. The number of phenolic OH excluding ortho intramolecular Hbond substituents is 1. The van der Waals surface area contributed by atoms with E-state index in [0.717, 1.165) is 0 Å². The molecule has 1 aromatic carbocycles. The van der Waals surface area contributed by atoms with Gasteiger partial charge >= 0.3 is 0 Å².